The first-order valence-corrected chi connectivity index (χ1v) is 10.8. The molecule has 0 fully saturated rings. The molecule has 2 N–H and O–H groups in total. The molecule has 0 amide bonds. The summed E-state index contributed by atoms with van der Waals surface area (Å²) in [7, 11) is -2.49. The SMILES string of the molecule is COc1nc(N)nc2c1c(-c1ccn3nccc3c1)cn2S(=O)(=O)c1ccc(C)cc1. The lowest BCUT2D eigenvalue weighted by Gasteiger charge is -2.08. The maximum absolute atomic E-state index is 13.5. The van der Waals surface area contributed by atoms with Crippen LogP contribution in [0.2, 0.25) is 0 Å². The Balaban J connectivity index is 1.84. The number of fused-ring (bicyclic) bond motifs is 2. The molecule has 0 aliphatic rings. The molecule has 4 heterocycles. The fourth-order valence-electron chi connectivity index (χ4n) is 3.55. The van der Waals surface area contributed by atoms with Crippen LogP contribution in [0.5, 0.6) is 5.88 Å². The van der Waals surface area contributed by atoms with Crippen LogP contribution in [-0.4, -0.2) is 39.1 Å². The Hall–Kier alpha value is -3.92. The Kier molecular flexibility index (Phi) is 4.19. The van der Waals surface area contributed by atoms with Crippen molar-refractivity contribution in [2.75, 3.05) is 12.8 Å². The van der Waals surface area contributed by atoms with Gasteiger partial charge in [0, 0.05) is 24.2 Å². The Morgan fingerprint density at radius 3 is 2.58 bits per heavy atom. The molecule has 1 aromatic carbocycles. The van der Waals surface area contributed by atoms with E-state index in [4.69, 9.17) is 10.5 Å². The van der Waals surface area contributed by atoms with Crippen LogP contribution in [0, 0.1) is 6.92 Å². The second kappa shape index (κ2) is 6.81. The molecule has 0 radical (unpaired) electrons. The average Bonchev–Trinajstić information content (AvgIpc) is 3.37. The number of rotatable bonds is 4. The minimum absolute atomic E-state index is 0.0828. The summed E-state index contributed by atoms with van der Waals surface area (Å²) in [5.41, 5.74) is 9.19. The highest BCUT2D eigenvalue weighted by Crippen LogP contribution is 2.37. The summed E-state index contributed by atoms with van der Waals surface area (Å²) in [5.74, 6) is 0.115. The molecule has 0 atom stereocenters. The topological polar surface area (TPSA) is 117 Å². The maximum Gasteiger partial charge on any atom is 0.269 e. The number of methoxy groups -OCH3 is 1. The van der Waals surface area contributed by atoms with Crippen LogP contribution in [0.15, 0.2) is 66.0 Å². The quantitative estimate of drug-likeness (QED) is 0.462. The smallest absolute Gasteiger partial charge is 0.269 e. The largest absolute Gasteiger partial charge is 0.480 e. The van der Waals surface area contributed by atoms with Gasteiger partial charge in [-0.3, -0.25) is 0 Å². The third-order valence-electron chi connectivity index (χ3n) is 5.08. The van der Waals surface area contributed by atoms with Crippen LogP contribution in [-0.2, 0) is 10.0 Å². The van der Waals surface area contributed by atoms with Gasteiger partial charge < -0.3 is 10.5 Å². The number of hydrogen-bond donors (Lipinski definition) is 1. The van der Waals surface area contributed by atoms with Crippen molar-refractivity contribution in [2.24, 2.45) is 0 Å². The zero-order chi connectivity index (χ0) is 21.8. The highest BCUT2D eigenvalue weighted by atomic mass is 32.2. The van der Waals surface area contributed by atoms with Crippen LogP contribution >= 0.6 is 0 Å². The van der Waals surface area contributed by atoms with Gasteiger partial charge in [-0.25, -0.2) is 16.9 Å². The first-order valence-electron chi connectivity index (χ1n) is 9.37. The van der Waals surface area contributed by atoms with Crippen molar-refractivity contribution in [3.05, 3.63) is 66.6 Å². The van der Waals surface area contributed by atoms with E-state index in [1.165, 1.54) is 13.3 Å². The highest BCUT2D eigenvalue weighted by molar-refractivity contribution is 7.90. The number of anilines is 1. The summed E-state index contributed by atoms with van der Waals surface area (Å²) >= 11 is 0. The molecular weight excluding hydrogens is 416 g/mol. The van der Waals surface area contributed by atoms with E-state index < -0.39 is 10.0 Å². The summed E-state index contributed by atoms with van der Waals surface area (Å²) in [6.45, 7) is 1.89. The predicted molar refractivity (Wildman–Crippen MR) is 116 cm³/mol. The van der Waals surface area contributed by atoms with Gasteiger partial charge in [0.15, 0.2) is 5.65 Å². The number of aromatic nitrogens is 5. The Morgan fingerprint density at radius 1 is 1.06 bits per heavy atom. The van der Waals surface area contributed by atoms with Crippen molar-refractivity contribution in [3.63, 3.8) is 0 Å². The van der Waals surface area contributed by atoms with E-state index in [1.54, 1.807) is 41.2 Å². The summed E-state index contributed by atoms with van der Waals surface area (Å²) in [6, 6.07) is 12.2. The Bertz CT molecular complexity index is 1550. The van der Waals surface area contributed by atoms with E-state index in [1.807, 2.05) is 25.1 Å². The third kappa shape index (κ3) is 2.99. The van der Waals surface area contributed by atoms with Crippen LogP contribution in [0.4, 0.5) is 5.95 Å². The molecule has 0 saturated carbocycles. The van der Waals surface area contributed by atoms with E-state index >= 15 is 0 Å². The maximum atomic E-state index is 13.5. The molecule has 0 spiro atoms. The first-order chi connectivity index (χ1) is 14.9. The number of pyridine rings is 1. The minimum atomic E-state index is -3.95. The molecule has 0 aliphatic heterocycles. The zero-order valence-electron chi connectivity index (χ0n) is 16.7. The van der Waals surface area contributed by atoms with Crippen molar-refractivity contribution in [2.45, 2.75) is 11.8 Å². The Morgan fingerprint density at radius 2 is 1.84 bits per heavy atom. The minimum Gasteiger partial charge on any atom is -0.480 e. The number of nitrogen functional groups attached to an aromatic ring is 1. The fourth-order valence-corrected chi connectivity index (χ4v) is 4.86. The van der Waals surface area contributed by atoms with Crippen molar-refractivity contribution < 1.29 is 13.2 Å². The summed E-state index contributed by atoms with van der Waals surface area (Å²) in [4.78, 5) is 8.54. The molecule has 5 rings (SSSR count). The average molecular weight is 434 g/mol. The van der Waals surface area contributed by atoms with Crippen LogP contribution in [0.3, 0.4) is 0 Å². The van der Waals surface area contributed by atoms with E-state index in [0.29, 0.717) is 10.9 Å². The lowest BCUT2D eigenvalue weighted by molar-refractivity contribution is 0.403. The van der Waals surface area contributed by atoms with Gasteiger partial charge in [-0.2, -0.15) is 15.1 Å². The number of nitrogens with two attached hydrogens (primary N) is 1. The number of nitrogens with zero attached hydrogens (tertiary/aromatic N) is 5. The van der Waals surface area contributed by atoms with Crippen LogP contribution in [0.25, 0.3) is 27.7 Å². The van der Waals surface area contributed by atoms with Crippen molar-refractivity contribution >= 4 is 32.5 Å². The molecule has 0 bridgehead atoms. The second-order valence-corrected chi connectivity index (χ2v) is 8.88. The second-order valence-electron chi connectivity index (χ2n) is 7.06. The molecule has 156 valence electrons. The van der Waals surface area contributed by atoms with Gasteiger partial charge in [0.2, 0.25) is 11.8 Å². The Labute approximate surface area is 177 Å². The van der Waals surface area contributed by atoms with Gasteiger partial charge in [-0.1, -0.05) is 17.7 Å². The monoisotopic (exact) mass is 434 g/mol. The molecule has 4 aromatic heterocycles. The van der Waals surface area contributed by atoms with Crippen molar-refractivity contribution in [1.29, 1.82) is 0 Å². The summed E-state index contributed by atoms with van der Waals surface area (Å²) in [5, 5.41) is 4.66. The third-order valence-corrected chi connectivity index (χ3v) is 6.74. The molecule has 10 heteroatoms. The number of ether oxygens (including phenoxy) is 1. The molecule has 9 nitrogen and oxygen atoms in total. The van der Waals surface area contributed by atoms with Crippen LogP contribution < -0.4 is 10.5 Å². The molecular formula is C21H18N6O3S. The van der Waals surface area contributed by atoms with E-state index in [-0.39, 0.29) is 22.4 Å². The van der Waals surface area contributed by atoms with E-state index in [0.717, 1.165) is 20.6 Å². The van der Waals surface area contributed by atoms with Gasteiger partial charge in [0.05, 0.1) is 22.9 Å². The van der Waals surface area contributed by atoms with Gasteiger partial charge in [0.25, 0.3) is 10.0 Å². The number of aryl methyl sites for hydroxylation is 1. The highest BCUT2D eigenvalue weighted by Gasteiger charge is 2.26. The number of benzene rings is 1. The number of hydrogen-bond acceptors (Lipinski definition) is 7. The standard InChI is InChI=1S/C21H18N6O3S/c1-13-3-5-16(6-4-13)31(28,29)27-12-17(14-8-10-26-15(11-14)7-9-23-26)18-19(27)24-21(22)25-20(18)30-2/h3-12H,1-2H3,(H2,22,24,25). The lowest BCUT2D eigenvalue weighted by atomic mass is 10.1. The van der Waals surface area contributed by atoms with Crippen molar-refractivity contribution in [1.82, 2.24) is 23.6 Å². The fraction of sp³-hybridized carbons (Fsp3) is 0.0952. The summed E-state index contributed by atoms with van der Waals surface area (Å²) in [6.07, 6.45) is 5.01. The first kappa shape index (κ1) is 19.1. The zero-order valence-corrected chi connectivity index (χ0v) is 17.5. The molecule has 0 unspecified atom stereocenters. The van der Waals surface area contributed by atoms with Crippen LogP contribution in [0.1, 0.15) is 5.56 Å². The summed E-state index contributed by atoms with van der Waals surface area (Å²) < 4.78 is 35.3. The predicted octanol–water partition coefficient (Wildman–Crippen LogP) is 2.88. The van der Waals surface area contributed by atoms with E-state index in [2.05, 4.69) is 15.1 Å². The molecule has 31 heavy (non-hydrogen) atoms. The van der Waals surface area contributed by atoms with Gasteiger partial charge in [0.1, 0.15) is 0 Å². The molecule has 0 aliphatic carbocycles. The van der Waals surface area contributed by atoms with Gasteiger partial charge in [-0.15, -0.1) is 0 Å². The van der Waals surface area contributed by atoms with E-state index in [9.17, 15) is 8.42 Å². The van der Waals surface area contributed by atoms with Gasteiger partial charge in [-0.05, 0) is 42.8 Å². The lowest BCUT2D eigenvalue weighted by Crippen LogP contribution is -2.13. The van der Waals surface area contributed by atoms with Crippen molar-refractivity contribution in [3.8, 4) is 17.0 Å². The molecule has 0 saturated heterocycles. The molecule has 5 aromatic rings. The van der Waals surface area contributed by atoms with Gasteiger partial charge >= 0.3 is 0 Å². The normalized spacial score (nSPS) is 11.9.